The van der Waals surface area contributed by atoms with Crippen LogP contribution in [0.4, 0.5) is 0 Å². The summed E-state index contributed by atoms with van der Waals surface area (Å²) in [5.74, 6) is 0.724. The minimum atomic E-state index is 0. The van der Waals surface area contributed by atoms with Gasteiger partial charge in [0.25, 0.3) is 0 Å². The highest BCUT2D eigenvalue weighted by Crippen LogP contribution is 2.55. The van der Waals surface area contributed by atoms with Gasteiger partial charge in [-0.15, -0.1) is 12.4 Å². The van der Waals surface area contributed by atoms with Crippen molar-refractivity contribution in [1.82, 2.24) is 10.2 Å². The van der Waals surface area contributed by atoms with Gasteiger partial charge in [0.1, 0.15) is 0 Å². The molecule has 15 heavy (non-hydrogen) atoms. The van der Waals surface area contributed by atoms with Crippen LogP contribution in [0.25, 0.3) is 0 Å². The van der Waals surface area contributed by atoms with Gasteiger partial charge in [0.2, 0.25) is 5.91 Å². The van der Waals surface area contributed by atoms with E-state index in [4.69, 9.17) is 0 Å². The first-order chi connectivity index (χ1) is 6.67. The van der Waals surface area contributed by atoms with E-state index in [1.165, 1.54) is 0 Å². The third kappa shape index (κ3) is 2.45. The van der Waals surface area contributed by atoms with Crippen molar-refractivity contribution in [3.05, 3.63) is 0 Å². The van der Waals surface area contributed by atoms with Crippen molar-refractivity contribution in [2.45, 2.75) is 26.7 Å². The monoisotopic (exact) mass is 232 g/mol. The van der Waals surface area contributed by atoms with Gasteiger partial charge in [0, 0.05) is 32.1 Å². The van der Waals surface area contributed by atoms with E-state index in [0.717, 1.165) is 39.0 Å². The molecule has 2 fully saturated rings. The van der Waals surface area contributed by atoms with Gasteiger partial charge in [-0.25, -0.2) is 0 Å². The number of hydrogen-bond acceptors (Lipinski definition) is 2. The summed E-state index contributed by atoms with van der Waals surface area (Å²) in [6.07, 6.45) is 2.24. The Hall–Kier alpha value is -0.280. The van der Waals surface area contributed by atoms with Crippen molar-refractivity contribution in [1.29, 1.82) is 0 Å². The summed E-state index contributed by atoms with van der Waals surface area (Å²) in [4.78, 5) is 14.1. The zero-order chi connectivity index (χ0) is 10.2. The van der Waals surface area contributed by atoms with Crippen molar-refractivity contribution in [2.75, 3.05) is 26.2 Å². The summed E-state index contributed by atoms with van der Waals surface area (Å²) < 4.78 is 0. The Morgan fingerprint density at radius 2 is 2.07 bits per heavy atom. The molecule has 0 bridgehead atoms. The van der Waals surface area contributed by atoms with Crippen LogP contribution in [0.2, 0.25) is 0 Å². The van der Waals surface area contributed by atoms with E-state index in [1.807, 2.05) is 4.90 Å². The van der Waals surface area contributed by atoms with Gasteiger partial charge in [-0.05, 0) is 18.3 Å². The van der Waals surface area contributed by atoms with Crippen LogP contribution in [0, 0.1) is 11.3 Å². The fourth-order valence-electron chi connectivity index (χ4n) is 2.29. The second-order valence-electron chi connectivity index (χ2n) is 4.84. The molecule has 0 radical (unpaired) electrons. The Kier molecular flexibility index (Phi) is 4.01. The summed E-state index contributed by atoms with van der Waals surface area (Å²) in [5.41, 5.74) is 0.321. The van der Waals surface area contributed by atoms with Crippen LogP contribution in [0.15, 0.2) is 0 Å². The third-order valence-corrected chi connectivity index (χ3v) is 3.89. The van der Waals surface area contributed by atoms with Crippen molar-refractivity contribution in [2.24, 2.45) is 11.3 Å². The first-order valence-electron chi connectivity index (χ1n) is 5.67. The van der Waals surface area contributed by atoms with E-state index in [-0.39, 0.29) is 12.4 Å². The standard InChI is InChI=1S/C11H20N2O.ClH/c1-3-11(2)8-9(11)10(14)13-6-4-12-5-7-13;/h9,12H,3-8H2,1-2H3;1H. The van der Waals surface area contributed by atoms with E-state index in [0.29, 0.717) is 17.2 Å². The number of nitrogens with one attached hydrogen (secondary N) is 1. The third-order valence-electron chi connectivity index (χ3n) is 3.89. The zero-order valence-corrected chi connectivity index (χ0v) is 10.4. The molecule has 0 aromatic rings. The van der Waals surface area contributed by atoms with Crippen molar-refractivity contribution >= 4 is 18.3 Å². The Balaban J connectivity index is 0.00000112. The summed E-state index contributed by atoms with van der Waals surface area (Å²) >= 11 is 0. The molecule has 88 valence electrons. The lowest BCUT2D eigenvalue weighted by Gasteiger charge is -2.28. The van der Waals surface area contributed by atoms with Gasteiger partial charge < -0.3 is 10.2 Å². The Morgan fingerprint density at radius 1 is 1.47 bits per heavy atom. The first kappa shape index (κ1) is 12.8. The van der Waals surface area contributed by atoms with E-state index in [9.17, 15) is 4.79 Å². The molecule has 3 nitrogen and oxygen atoms in total. The number of piperazine rings is 1. The SMILES string of the molecule is CCC1(C)CC1C(=O)N1CCNCC1.Cl. The Bertz CT molecular complexity index is 234. The fraction of sp³-hybridized carbons (Fsp3) is 0.909. The summed E-state index contributed by atoms with van der Waals surface area (Å²) in [6, 6.07) is 0. The lowest BCUT2D eigenvalue weighted by molar-refractivity contribution is -0.134. The average Bonchev–Trinajstić information content (AvgIpc) is 2.92. The van der Waals surface area contributed by atoms with Gasteiger partial charge in [-0.2, -0.15) is 0 Å². The minimum Gasteiger partial charge on any atom is -0.340 e. The molecule has 1 aliphatic heterocycles. The minimum absolute atomic E-state index is 0. The molecule has 1 aliphatic carbocycles. The second-order valence-corrected chi connectivity index (χ2v) is 4.84. The van der Waals surface area contributed by atoms with E-state index < -0.39 is 0 Å². The fourth-order valence-corrected chi connectivity index (χ4v) is 2.29. The molecular formula is C11H21ClN2O. The van der Waals surface area contributed by atoms with Crippen LogP contribution >= 0.6 is 12.4 Å². The largest absolute Gasteiger partial charge is 0.340 e. The molecule has 1 N–H and O–H groups in total. The highest BCUT2D eigenvalue weighted by atomic mass is 35.5. The summed E-state index contributed by atoms with van der Waals surface area (Å²) in [7, 11) is 0. The van der Waals surface area contributed by atoms with Crippen LogP contribution in [-0.2, 0) is 4.79 Å². The smallest absolute Gasteiger partial charge is 0.226 e. The Labute approximate surface area is 98.0 Å². The first-order valence-corrected chi connectivity index (χ1v) is 5.67. The van der Waals surface area contributed by atoms with Crippen LogP contribution in [0.1, 0.15) is 26.7 Å². The van der Waals surface area contributed by atoms with Crippen molar-refractivity contribution in [3.8, 4) is 0 Å². The molecule has 0 aromatic carbocycles. The molecule has 2 unspecified atom stereocenters. The van der Waals surface area contributed by atoms with Crippen molar-refractivity contribution in [3.63, 3.8) is 0 Å². The molecule has 0 spiro atoms. The van der Waals surface area contributed by atoms with Gasteiger partial charge in [0.15, 0.2) is 0 Å². The predicted molar refractivity (Wildman–Crippen MR) is 63.2 cm³/mol. The molecule has 1 heterocycles. The maximum absolute atomic E-state index is 12.0. The lowest BCUT2D eigenvalue weighted by Crippen LogP contribution is -2.47. The van der Waals surface area contributed by atoms with Gasteiger partial charge in [-0.3, -0.25) is 4.79 Å². The average molecular weight is 233 g/mol. The van der Waals surface area contributed by atoms with Crippen LogP contribution < -0.4 is 5.32 Å². The number of carbonyl (C=O) groups is 1. The molecule has 1 saturated carbocycles. The second kappa shape index (κ2) is 4.71. The molecule has 4 heteroatoms. The van der Waals surface area contributed by atoms with Crippen molar-refractivity contribution < 1.29 is 4.79 Å². The van der Waals surface area contributed by atoms with E-state index in [2.05, 4.69) is 19.2 Å². The number of hydrogen-bond donors (Lipinski definition) is 1. The Morgan fingerprint density at radius 3 is 2.53 bits per heavy atom. The molecule has 0 aromatic heterocycles. The quantitative estimate of drug-likeness (QED) is 0.778. The summed E-state index contributed by atoms with van der Waals surface area (Å²) in [6.45, 7) is 8.13. The van der Waals surface area contributed by atoms with E-state index in [1.54, 1.807) is 0 Å². The normalized spacial score (nSPS) is 34.5. The highest BCUT2D eigenvalue weighted by Gasteiger charge is 2.54. The number of nitrogens with zero attached hydrogens (tertiary/aromatic N) is 1. The summed E-state index contributed by atoms with van der Waals surface area (Å²) in [5, 5.41) is 3.27. The highest BCUT2D eigenvalue weighted by molar-refractivity contribution is 5.85. The molecular weight excluding hydrogens is 212 g/mol. The molecule has 1 amide bonds. The van der Waals surface area contributed by atoms with Gasteiger partial charge >= 0.3 is 0 Å². The molecule has 2 atom stereocenters. The van der Waals surface area contributed by atoms with Crippen LogP contribution in [-0.4, -0.2) is 37.0 Å². The maximum Gasteiger partial charge on any atom is 0.226 e. The molecule has 2 aliphatic rings. The topological polar surface area (TPSA) is 32.3 Å². The van der Waals surface area contributed by atoms with Crippen LogP contribution in [0.3, 0.4) is 0 Å². The van der Waals surface area contributed by atoms with Crippen LogP contribution in [0.5, 0.6) is 0 Å². The lowest BCUT2D eigenvalue weighted by atomic mass is 10.0. The molecule has 2 rings (SSSR count). The zero-order valence-electron chi connectivity index (χ0n) is 9.58. The number of rotatable bonds is 2. The van der Waals surface area contributed by atoms with Gasteiger partial charge in [0.05, 0.1) is 0 Å². The van der Waals surface area contributed by atoms with Gasteiger partial charge in [-0.1, -0.05) is 13.8 Å². The van der Waals surface area contributed by atoms with E-state index >= 15 is 0 Å². The number of amides is 1. The number of carbonyl (C=O) groups excluding carboxylic acids is 1. The number of halogens is 1. The molecule has 1 saturated heterocycles. The predicted octanol–water partition coefficient (Wildman–Crippen LogP) is 1.28. The maximum atomic E-state index is 12.0.